The fourth-order valence-corrected chi connectivity index (χ4v) is 2.75. The van der Waals surface area contributed by atoms with Crippen LogP contribution < -0.4 is 10.6 Å². The zero-order valence-electron chi connectivity index (χ0n) is 13.8. The molecule has 0 unspecified atom stereocenters. The molecule has 1 heterocycles. The highest BCUT2D eigenvalue weighted by Crippen LogP contribution is 2.11. The van der Waals surface area contributed by atoms with Crippen LogP contribution in [0.5, 0.6) is 0 Å². The highest BCUT2D eigenvalue weighted by Gasteiger charge is 2.20. The average Bonchev–Trinajstić information content (AvgIpc) is 2.91. The van der Waals surface area contributed by atoms with E-state index in [1.807, 2.05) is 51.1 Å². The summed E-state index contributed by atoms with van der Waals surface area (Å²) in [5, 5.41) is 6.64. The number of rotatable bonds is 7. The van der Waals surface area contributed by atoms with E-state index in [0.717, 1.165) is 15.4 Å². The maximum Gasteiger partial charge on any atom is 0.315 e. The molecule has 124 valence electrons. The summed E-state index contributed by atoms with van der Waals surface area (Å²) in [7, 11) is 0. The molecule has 0 aliphatic rings. The Labute approximate surface area is 141 Å². The first-order chi connectivity index (χ1) is 10.9. The molecule has 2 rings (SSSR count). The van der Waals surface area contributed by atoms with Gasteiger partial charge < -0.3 is 15.4 Å². The Balaban J connectivity index is 1.70. The number of benzene rings is 1. The van der Waals surface area contributed by atoms with Gasteiger partial charge in [-0.1, -0.05) is 30.3 Å². The number of nitrogens with zero attached hydrogens (tertiary/aromatic N) is 1. The number of nitrogens with one attached hydrogen (secondary N) is 2. The van der Waals surface area contributed by atoms with Crippen LogP contribution in [-0.4, -0.2) is 23.2 Å². The van der Waals surface area contributed by atoms with Gasteiger partial charge in [0.25, 0.3) is 0 Å². The largest absolute Gasteiger partial charge is 0.374 e. The van der Waals surface area contributed by atoms with Gasteiger partial charge in [0.15, 0.2) is 0 Å². The topological polar surface area (TPSA) is 63.2 Å². The number of aromatic nitrogens is 1. The highest BCUT2D eigenvalue weighted by molar-refractivity contribution is 7.11. The number of ether oxygens (including phenoxy) is 1. The average molecular weight is 333 g/mol. The van der Waals surface area contributed by atoms with Crippen molar-refractivity contribution < 1.29 is 9.53 Å². The van der Waals surface area contributed by atoms with E-state index in [9.17, 15) is 4.79 Å². The molecule has 0 aliphatic heterocycles. The Bertz CT molecular complexity index is 626. The summed E-state index contributed by atoms with van der Waals surface area (Å²) in [5.41, 5.74) is 0.671. The van der Waals surface area contributed by atoms with Gasteiger partial charge in [-0.25, -0.2) is 9.78 Å². The molecule has 0 aliphatic carbocycles. The monoisotopic (exact) mass is 333 g/mol. The van der Waals surface area contributed by atoms with Crippen molar-refractivity contribution in [3.05, 3.63) is 52.0 Å². The van der Waals surface area contributed by atoms with E-state index >= 15 is 0 Å². The van der Waals surface area contributed by atoms with Gasteiger partial charge in [0.05, 0.1) is 25.3 Å². The van der Waals surface area contributed by atoms with Crippen molar-refractivity contribution >= 4 is 17.4 Å². The van der Waals surface area contributed by atoms with Crippen LogP contribution in [0.1, 0.15) is 29.3 Å². The van der Waals surface area contributed by atoms with Gasteiger partial charge in [0.1, 0.15) is 5.01 Å². The predicted octanol–water partition coefficient (Wildman–Crippen LogP) is 3.25. The van der Waals surface area contributed by atoms with Crippen molar-refractivity contribution in [1.82, 2.24) is 15.6 Å². The normalized spacial score (nSPS) is 11.3. The Morgan fingerprint density at radius 1 is 1.30 bits per heavy atom. The van der Waals surface area contributed by atoms with Crippen molar-refractivity contribution in [2.75, 3.05) is 6.61 Å². The SMILES string of the molecule is Cc1cnc(CNC(=O)NC(C)(C)COCc2ccccc2)s1. The molecule has 2 N–H and O–H groups in total. The number of aryl methyl sites for hydroxylation is 1. The maximum atomic E-state index is 12.0. The number of hydrogen-bond acceptors (Lipinski definition) is 4. The molecule has 0 saturated heterocycles. The summed E-state index contributed by atoms with van der Waals surface area (Å²) >= 11 is 1.58. The molecule has 0 atom stereocenters. The van der Waals surface area contributed by atoms with Crippen LogP contribution in [0.25, 0.3) is 0 Å². The summed E-state index contributed by atoms with van der Waals surface area (Å²) < 4.78 is 5.70. The van der Waals surface area contributed by atoms with E-state index in [-0.39, 0.29) is 6.03 Å². The van der Waals surface area contributed by atoms with Crippen LogP contribution >= 0.6 is 11.3 Å². The third-order valence-corrected chi connectivity index (χ3v) is 4.01. The molecule has 0 bridgehead atoms. The first-order valence-corrected chi connectivity index (χ1v) is 8.35. The maximum absolute atomic E-state index is 12.0. The summed E-state index contributed by atoms with van der Waals surface area (Å²) in [4.78, 5) is 17.3. The van der Waals surface area contributed by atoms with Gasteiger partial charge in [-0.2, -0.15) is 0 Å². The summed E-state index contributed by atoms with van der Waals surface area (Å²) in [5.74, 6) is 0. The molecule has 2 aromatic rings. The molecule has 0 radical (unpaired) electrons. The lowest BCUT2D eigenvalue weighted by Gasteiger charge is -2.26. The molecule has 0 spiro atoms. The lowest BCUT2D eigenvalue weighted by atomic mass is 10.1. The molecule has 1 aromatic carbocycles. The van der Waals surface area contributed by atoms with Gasteiger partial charge in [0.2, 0.25) is 0 Å². The molecule has 1 aromatic heterocycles. The van der Waals surface area contributed by atoms with Crippen LogP contribution in [0.4, 0.5) is 4.79 Å². The third-order valence-electron chi connectivity index (χ3n) is 3.10. The second-order valence-electron chi connectivity index (χ2n) is 6.03. The number of hydrogen-bond donors (Lipinski definition) is 2. The van der Waals surface area contributed by atoms with Crippen LogP contribution in [-0.2, 0) is 17.9 Å². The van der Waals surface area contributed by atoms with Gasteiger partial charge >= 0.3 is 6.03 Å². The lowest BCUT2D eigenvalue weighted by Crippen LogP contribution is -2.50. The van der Waals surface area contributed by atoms with E-state index in [2.05, 4.69) is 15.6 Å². The molecular formula is C17H23N3O2S. The van der Waals surface area contributed by atoms with Crippen LogP contribution in [0.2, 0.25) is 0 Å². The van der Waals surface area contributed by atoms with Crippen molar-refractivity contribution in [1.29, 1.82) is 0 Å². The molecule has 5 nitrogen and oxygen atoms in total. The smallest absolute Gasteiger partial charge is 0.315 e. The second-order valence-corrected chi connectivity index (χ2v) is 7.35. The standard InChI is InChI=1S/C17H23N3O2S/c1-13-9-18-15(23-13)10-19-16(21)20-17(2,3)12-22-11-14-7-5-4-6-8-14/h4-9H,10-12H2,1-3H3,(H2,19,20,21). The number of amides is 2. The van der Waals surface area contributed by atoms with Crippen molar-refractivity contribution in [2.45, 2.75) is 39.5 Å². The quantitative estimate of drug-likeness (QED) is 0.817. The number of carbonyl (C=O) groups excluding carboxylic acids is 1. The van der Waals surface area contributed by atoms with Crippen LogP contribution in [0.3, 0.4) is 0 Å². The van der Waals surface area contributed by atoms with E-state index < -0.39 is 5.54 Å². The molecule has 6 heteroatoms. The molecule has 0 fully saturated rings. The Morgan fingerprint density at radius 2 is 2.04 bits per heavy atom. The minimum absolute atomic E-state index is 0.217. The summed E-state index contributed by atoms with van der Waals surface area (Å²) in [6.07, 6.45) is 1.81. The number of carbonyl (C=O) groups is 1. The third kappa shape index (κ3) is 6.38. The zero-order chi connectivity index (χ0) is 16.7. The summed E-state index contributed by atoms with van der Waals surface area (Å²) in [6.45, 7) is 7.27. The fraction of sp³-hybridized carbons (Fsp3) is 0.412. The van der Waals surface area contributed by atoms with E-state index in [1.165, 1.54) is 0 Å². The first-order valence-electron chi connectivity index (χ1n) is 7.54. The minimum atomic E-state index is -0.447. The van der Waals surface area contributed by atoms with Crippen molar-refractivity contribution in [3.63, 3.8) is 0 Å². The Kier molecular flexibility index (Phi) is 6.12. The van der Waals surface area contributed by atoms with Gasteiger partial charge in [-0.3, -0.25) is 0 Å². The minimum Gasteiger partial charge on any atom is -0.374 e. The fourth-order valence-electron chi connectivity index (χ4n) is 2.02. The van der Waals surface area contributed by atoms with Gasteiger partial charge in [-0.15, -0.1) is 11.3 Å². The molecule has 23 heavy (non-hydrogen) atoms. The van der Waals surface area contributed by atoms with Crippen LogP contribution in [0.15, 0.2) is 36.5 Å². The van der Waals surface area contributed by atoms with E-state index in [0.29, 0.717) is 19.8 Å². The van der Waals surface area contributed by atoms with E-state index in [4.69, 9.17) is 4.74 Å². The van der Waals surface area contributed by atoms with Crippen LogP contribution in [0, 0.1) is 6.92 Å². The summed E-state index contributed by atoms with van der Waals surface area (Å²) in [6, 6.07) is 9.76. The Morgan fingerprint density at radius 3 is 2.70 bits per heavy atom. The first kappa shape index (κ1) is 17.4. The van der Waals surface area contributed by atoms with Gasteiger partial charge in [-0.05, 0) is 26.3 Å². The molecular weight excluding hydrogens is 310 g/mol. The lowest BCUT2D eigenvalue weighted by molar-refractivity contribution is 0.0744. The molecule has 0 saturated carbocycles. The predicted molar refractivity (Wildman–Crippen MR) is 92.4 cm³/mol. The van der Waals surface area contributed by atoms with Crippen molar-refractivity contribution in [3.8, 4) is 0 Å². The zero-order valence-corrected chi connectivity index (χ0v) is 14.6. The number of urea groups is 1. The number of thiazole rings is 1. The van der Waals surface area contributed by atoms with E-state index in [1.54, 1.807) is 17.5 Å². The molecule has 2 amide bonds. The second kappa shape index (κ2) is 8.08. The Hall–Kier alpha value is -1.92. The van der Waals surface area contributed by atoms with Gasteiger partial charge in [0, 0.05) is 11.1 Å². The highest BCUT2D eigenvalue weighted by atomic mass is 32.1. The van der Waals surface area contributed by atoms with Crippen molar-refractivity contribution in [2.24, 2.45) is 0 Å².